The lowest BCUT2D eigenvalue weighted by molar-refractivity contribution is -0.111. The Labute approximate surface area is 208 Å². The fraction of sp³-hybridized carbons (Fsp3) is 0.133. The summed E-state index contributed by atoms with van der Waals surface area (Å²) in [5.41, 5.74) is 7.05. The van der Waals surface area contributed by atoms with E-state index in [2.05, 4.69) is 10.3 Å². The lowest BCUT2D eigenvalue weighted by Gasteiger charge is -2.14. The Morgan fingerprint density at radius 2 is 1.81 bits per heavy atom. The Bertz CT molecular complexity index is 1650. The highest BCUT2D eigenvalue weighted by Gasteiger charge is 2.19. The molecule has 1 amide bonds. The molecule has 1 N–H and O–H groups in total. The normalized spacial score (nSPS) is 11.8. The topological polar surface area (TPSA) is 64.4 Å². The van der Waals surface area contributed by atoms with Crippen LogP contribution < -0.4 is 10.1 Å². The Hall–Kier alpha value is -4.45. The van der Waals surface area contributed by atoms with Crippen LogP contribution >= 0.6 is 0 Å². The third-order valence-corrected chi connectivity index (χ3v) is 6.28. The average Bonchev–Trinajstić information content (AvgIpc) is 3.28. The van der Waals surface area contributed by atoms with Gasteiger partial charge in [-0.2, -0.15) is 0 Å². The summed E-state index contributed by atoms with van der Waals surface area (Å²) in [4.78, 5) is 17.6. The number of nitrogens with one attached hydrogen (secondary N) is 1. The molecule has 0 saturated heterocycles. The van der Waals surface area contributed by atoms with Crippen LogP contribution in [0, 0.1) is 19.7 Å². The predicted molar refractivity (Wildman–Crippen MR) is 142 cm³/mol. The van der Waals surface area contributed by atoms with Crippen molar-refractivity contribution in [1.82, 2.24) is 4.98 Å². The number of para-hydroxylation sites is 1. The third-order valence-electron chi connectivity index (χ3n) is 6.28. The summed E-state index contributed by atoms with van der Waals surface area (Å²) in [5, 5.41) is 4.74. The minimum atomic E-state index is -0.299. The van der Waals surface area contributed by atoms with Crippen molar-refractivity contribution in [1.29, 1.82) is 0 Å². The molecule has 2 aromatic heterocycles. The maximum atomic E-state index is 13.5. The second-order valence-electron chi connectivity index (χ2n) is 8.76. The number of pyridine rings is 1. The molecule has 0 bridgehead atoms. The quantitative estimate of drug-likeness (QED) is 0.265. The summed E-state index contributed by atoms with van der Waals surface area (Å²) in [7, 11) is 1.60. The van der Waals surface area contributed by atoms with Gasteiger partial charge in [-0.15, -0.1) is 0 Å². The molecule has 0 radical (unpaired) electrons. The van der Waals surface area contributed by atoms with E-state index in [1.54, 1.807) is 31.6 Å². The fourth-order valence-electron chi connectivity index (χ4n) is 4.58. The highest BCUT2D eigenvalue weighted by atomic mass is 19.1. The van der Waals surface area contributed by atoms with Gasteiger partial charge in [-0.25, -0.2) is 4.39 Å². The Kier molecular flexibility index (Phi) is 6.02. The molecule has 0 aliphatic carbocycles. The SMILES string of the molecule is COc1c(/C(C)=C/C(=O)Nc2cc(C)nc3ccccc23)cc2c(-c3ccc(F)cc3)coc2c1C. The molecule has 0 saturated carbocycles. The minimum Gasteiger partial charge on any atom is -0.496 e. The number of hydrogen-bond acceptors (Lipinski definition) is 4. The van der Waals surface area contributed by atoms with Crippen LogP contribution in [-0.4, -0.2) is 18.0 Å². The Morgan fingerprint density at radius 1 is 1.06 bits per heavy atom. The van der Waals surface area contributed by atoms with Crippen molar-refractivity contribution in [2.24, 2.45) is 0 Å². The van der Waals surface area contributed by atoms with Crippen LogP contribution in [-0.2, 0) is 4.79 Å². The molecule has 180 valence electrons. The van der Waals surface area contributed by atoms with E-state index in [-0.39, 0.29) is 11.7 Å². The standard InChI is InChI=1S/C30H25FN2O3/c1-17(13-28(34)33-27-14-18(2)32-26-8-6-5-7-22(26)27)23-15-24-25(20-9-11-21(31)12-10-20)16-36-30(24)19(3)29(23)35-4/h5-16H,1-4H3,(H,32,33,34)/b17-13+. The van der Waals surface area contributed by atoms with Gasteiger partial charge >= 0.3 is 0 Å². The lowest BCUT2D eigenvalue weighted by Crippen LogP contribution is -2.10. The number of carbonyl (C=O) groups excluding carboxylic acids is 1. The zero-order valence-electron chi connectivity index (χ0n) is 20.5. The first-order valence-corrected chi connectivity index (χ1v) is 11.6. The first-order valence-electron chi connectivity index (χ1n) is 11.6. The maximum absolute atomic E-state index is 13.5. The van der Waals surface area contributed by atoms with Gasteiger partial charge in [-0.3, -0.25) is 9.78 Å². The van der Waals surface area contributed by atoms with Gasteiger partial charge < -0.3 is 14.5 Å². The van der Waals surface area contributed by atoms with E-state index >= 15 is 0 Å². The second-order valence-corrected chi connectivity index (χ2v) is 8.76. The van der Waals surface area contributed by atoms with E-state index in [9.17, 15) is 9.18 Å². The van der Waals surface area contributed by atoms with Crippen molar-refractivity contribution in [3.05, 3.63) is 95.6 Å². The number of carbonyl (C=O) groups is 1. The number of allylic oxidation sites excluding steroid dienone is 1. The largest absolute Gasteiger partial charge is 0.496 e. The maximum Gasteiger partial charge on any atom is 0.248 e. The second kappa shape index (κ2) is 9.30. The van der Waals surface area contributed by atoms with Crippen molar-refractivity contribution in [3.63, 3.8) is 0 Å². The van der Waals surface area contributed by atoms with E-state index in [1.165, 1.54) is 12.1 Å². The first kappa shape index (κ1) is 23.3. The lowest BCUT2D eigenvalue weighted by atomic mass is 9.96. The number of aromatic nitrogens is 1. The van der Waals surface area contributed by atoms with Gasteiger partial charge in [0, 0.05) is 39.2 Å². The number of fused-ring (bicyclic) bond motifs is 2. The molecule has 36 heavy (non-hydrogen) atoms. The van der Waals surface area contributed by atoms with Gasteiger partial charge in [-0.05, 0) is 62.2 Å². The van der Waals surface area contributed by atoms with Crippen molar-refractivity contribution in [2.45, 2.75) is 20.8 Å². The Balaban J connectivity index is 1.55. The molecule has 6 heteroatoms. The molecule has 5 nitrogen and oxygen atoms in total. The number of methoxy groups -OCH3 is 1. The summed E-state index contributed by atoms with van der Waals surface area (Å²) in [6.45, 7) is 5.69. The monoisotopic (exact) mass is 480 g/mol. The molecule has 0 atom stereocenters. The van der Waals surface area contributed by atoms with Crippen LogP contribution in [0.2, 0.25) is 0 Å². The highest BCUT2D eigenvalue weighted by Crippen LogP contribution is 2.40. The number of amides is 1. The van der Waals surface area contributed by atoms with Crippen molar-refractivity contribution in [2.75, 3.05) is 12.4 Å². The van der Waals surface area contributed by atoms with Crippen LogP contribution in [0.25, 0.3) is 38.6 Å². The molecular formula is C30H25FN2O3. The number of furan rings is 1. The summed E-state index contributed by atoms with van der Waals surface area (Å²) in [5.74, 6) is 0.0790. The minimum absolute atomic E-state index is 0.256. The molecule has 0 unspecified atom stereocenters. The molecule has 0 aliphatic rings. The number of halogens is 1. The van der Waals surface area contributed by atoms with Gasteiger partial charge in [0.1, 0.15) is 17.1 Å². The number of aryl methyl sites for hydroxylation is 2. The number of ether oxygens (including phenoxy) is 1. The molecular weight excluding hydrogens is 455 g/mol. The van der Waals surface area contributed by atoms with Crippen molar-refractivity contribution in [3.8, 4) is 16.9 Å². The number of hydrogen-bond donors (Lipinski definition) is 1. The molecule has 0 fully saturated rings. The van der Waals surface area contributed by atoms with Gasteiger partial charge in [0.15, 0.2) is 0 Å². The van der Waals surface area contributed by atoms with Gasteiger partial charge in [0.25, 0.3) is 0 Å². The van der Waals surface area contributed by atoms with Gasteiger partial charge in [0.2, 0.25) is 5.91 Å². The van der Waals surface area contributed by atoms with E-state index in [0.717, 1.165) is 49.8 Å². The van der Waals surface area contributed by atoms with Crippen molar-refractivity contribution >= 4 is 39.0 Å². The number of benzene rings is 3. The number of rotatable bonds is 5. The molecule has 3 aromatic carbocycles. The van der Waals surface area contributed by atoms with Crippen LogP contribution in [0.4, 0.5) is 10.1 Å². The van der Waals surface area contributed by atoms with Crippen LogP contribution in [0.15, 0.2) is 77.4 Å². The van der Waals surface area contributed by atoms with Gasteiger partial charge in [0.05, 0.1) is 24.6 Å². The zero-order chi connectivity index (χ0) is 25.4. The van der Waals surface area contributed by atoms with Crippen LogP contribution in [0.5, 0.6) is 5.75 Å². The first-order chi connectivity index (χ1) is 17.4. The molecule has 5 rings (SSSR count). The third kappa shape index (κ3) is 4.22. The number of anilines is 1. The van der Waals surface area contributed by atoms with E-state index in [1.807, 2.05) is 57.2 Å². The fourth-order valence-corrected chi connectivity index (χ4v) is 4.58. The number of nitrogens with zero attached hydrogens (tertiary/aromatic N) is 1. The van der Waals surface area contributed by atoms with Crippen molar-refractivity contribution < 1.29 is 18.3 Å². The summed E-state index contributed by atoms with van der Waals surface area (Å²) < 4.78 is 25.1. The summed E-state index contributed by atoms with van der Waals surface area (Å²) in [6.07, 6.45) is 3.22. The summed E-state index contributed by atoms with van der Waals surface area (Å²) in [6, 6.07) is 17.8. The van der Waals surface area contributed by atoms with Crippen LogP contribution in [0.1, 0.15) is 23.7 Å². The predicted octanol–water partition coefficient (Wildman–Crippen LogP) is 7.45. The Morgan fingerprint density at radius 3 is 2.56 bits per heavy atom. The zero-order valence-corrected chi connectivity index (χ0v) is 20.5. The van der Waals surface area contributed by atoms with E-state index < -0.39 is 0 Å². The summed E-state index contributed by atoms with van der Waals surface area (Å²) >= 11 is 0. The van der Waals surface area contributed by atoms with Gasteiger partial charge in [-0.1, -0.05) is 30.3 Å². The van der Waals surface area contributed by atoms with E-state index in [0.29, 0.717) is 17.0 Å². The average molecular weight is 481 g/mol. The van der Waals surface area contributed by atoms with Crippen LogP contribution in [0.3, 0.4) is 0 Å². The smallest absolute Gasteiger partial charge is 0.248 e. The van der Waals surface area contributed by atoms with E-state index in [4.69, 9.17) is 9.15 Å². The molecule has 5 aromatic rings. The molecule has 2 heterocycles. The molecule has 0 aliphatic heterocycles. The highest BCUT2D eigenvalue weighted by molar-refractivity contribution is 6.09. The molecule has 0 spiro atoms.